The van der Waals surface area contributed by atoms with Crippen LogP contribution in [0, 0.1) is 0 Å². The van der Waals surface area contributed by atoms with Crippen LogP contribution in [-0.2, 0) is 10.0 Å². The molecule has 0 heterocycles. The summed E-state index contributed by atoms with van der Waals surface area (Å²) >= 11 is 0. The van der Waals surface area contributed by atoms with Crippen LogP contribution in [0.3, 0.4) is 0 Å². The van der Waals surface area contributed by atoms with Crippen LogP contribution in [0.15, 0.2) is 29.2 Å². The highest BCUT2D eigenvalue weighted by molar-refractivity contribution is 7.89. The first kappa shape index (κ1) is 12.0. The Balaban J connectivity index is 3.12. The molecule has 0 aromatic heterocycles. The van der Waals surface area contributed by atoms with E-state index in [1.807, 2.05) is 6.92 Å². The van der Waals surface area contributed by atoms with Crippen LogP contribution in [0.4, 0.5) is 5.69 Å². The Bertz CT molecular complexity index is 429. The van der Waals surface area contributed by atoms with Crippen LogP contribution in [0.1, 0.15) is 13.3 Å². The van der Waals surface area contributed by atoms with Gasteiger partial charge in [0.2, 0.25) is 10.0 Å². The van der Waals surface area contributed by atoms with Crippen molar-refractivity contribution in [1.82, 2.24) is 4.31 Å². The molecule has 0 saturated carbocycles. The van der Waals surface area contributed by atoms with Gasteiger partial charge in [0.25, 0.3) is 0 Å². The van der Waals surface area contributed by atoms with Crippen molar-refractivity contribution in [2.75, 3.05) is 19.3 Å². The van der Waals surface area contributed by atoms with E-state index in [0.29, 0.717) is 12.2 Å². The highest BCUT2D eigenvalue weighted by Crippen LogP contribution is 2.20. The van der Waals surface area contributed by atoms with Gasteiger partial charge in [0, 0.05) is 13.6 Å². The first-order valence-electron chi connectivity index (χ1n) is 4.81. The number of nitrogen functional groups attached to an aromatic ring is 1. The number of sulfonamides is 1. The molecule has 1 rings (SSSR count). The number of para-hydroxylation sites is 1. The topological polar surface area (TPSA) is 63.4 Å². The zero-order valence-electron chi connectivity index (χ0n) is 8.97. The minimum atomic E-state index is -3.42. The molecule has 0 unspecified atom stereocenters. The van der Waals surface area contributed by atoms with E-state index in [1.54, 1.807) is 25.2 Å². The first-order chi connectivity index (χ1) is 7.00. The number of rotatable bonds is 4. The van der Waals surface area contributed by atoms with Crippen molar-refractivity contribution in [2.24, 2.45) is 0 Å². The molecule has 0 aliphatic carbocycles. The summed E-state index contributed by atoms with van der Waals surface area (Å²) in [4.78, 5) is 0.181. The fourth-order valence-electron chi connectivity index (χ4n) is 1.32. The molecule has 0 radical (unpaired) electrons. The molecule has 0 amide bonds. The summed E-state index contributed by atoms with van der Waals surface area (Å²) in [5.41, 5.74) is 5.93. The van der Waals surface area contributed by atoms with Gasteiger partial charge in [-0.2, -0.15) is 0 Å². The molecule has 5 heteroatoms. The minimum absolute atomic E-state index is 0.181. The predicted octanol–water partition coefficient (Wildman–Crippen LogP) is 1.30. The number of benzene rings is 1. The van der Waals surface area contributed by atoms with Crippen molar-refractivity contribution in [3.05, 3.63) is 24.3 Å². The molecule has 2 N–H and O–H groups in total. The highest BCUT2D eigenvalue weighted by Gasteiger charge is 2.21. The van der Waals surface area contributed by atoms with Crippen LogP contribution in [0.2, 0.25) is 0 Å². The third kappa shape index (κ3) is 2.49. The van der Waals surface area contributed by atoms with Gasteiger partial charge in [-0.3, -0.25) is 0 Å². The molecular formula is C10H16N2O2S. The van der Waals surface area contributed by atoms with Crippen LogP contribution in [0.25, 0.3) is 0 Å². The van der Waals surface area contributed by atoms with Crippen molar-refractivity contribution < 1.29 is 8.42 Å². The zero-order chi connectivity index (χ0) is 11.5. The highest BCUT2D eigenvalue weighted by atomic mass is 32.2. The lowest BCUT2D eigenvalue weighted by molar-refractivity contribution is 0.469. The molecule has 1 aromatic rings. The Morgan fingerprint density at radius 2 is 1.93 bits per heavy atom. The summed E-state index contributed by atoms with van der Waals surface area (Å²) < 4.78 is 25.3. The molecule has 0 bridgehead atoms. The largest absolute Gasteiger partial charge is 0.398 e. The molecule has 0 spiro atoms. The molecule has 0 saturated heterocycles. The second-order valence-electron chi connectivity index (χ2n) is 3.36. The molecule has 0 fully saturated rings. The number of anilines is 1. The van der Waals surface area contributed by atoms with Gasteiger partial charge in [0.15, 0.2) is 0 Å². The summed E-state index contributed by atoms with van der Waals surface area (Å²) in [6.45, 7) is 2.43. The molecule has 0 aliphatic heterocycles. The van der Waals surface area contributed by atoms with Gasteiger partial charge in [-0.05, 0) is 18.6 Å². The van der Waals surface area contributed by atoms with Crippen molar-refractivity contribution in [2.45, 2.75) is 18.2 Å². The van der Waals surface area contributed by atoms with Crippen molar-refractivity contribution >= 4 is 15.7 Å². The van der Waals surface area contributed by atoms with E-state index in [0.717, 1.165) is 6.42 Å². The lowest BCUT2D eigenvalue weighted by Crippen LogP contribution is -2.28. The van der Waals surface area contributed by atoms with E-state index in [1.165, 1.54) is 10.4 Å². The maximum Gasteiger partial charge on any atom is 0.244 e. The van der Waals surface area contributed by atoms with Gasteiger partial charge in [0.1, 0.15) is 4.90 Å². The summed E-state index contributed by atoms with van der Waals surface area (Å²) in [6.07, 6.45) is 0.780. The average Bonchev–Trinajstić information content (AvgIpc) is 2.18. The van der Waals surface area contributed by atoms with Crippen LogP contribution in [0.5, 0.6) is 0 Å². The lowest BCUT2D eigenvalue weighted by atomic mass is 10.3. The third-order valence-electron chi connectivity index (χ3n) is 2.15. The van der Waals surface area contributed by atoms with Crippen molar-refractivity contribution in [1.29, 1.82) is 0 Å². The fraction of sp³-hybridized carbons (Fsp3) is 0.400. The maximum absolute atomic E-state index is 12.0. The second-order valence-corrected chi connectivity index (χ2v) is 5.38. The number of hydrogen-bond donors (Lipinski definition) is 1. The molecular weight excluding hydrogens is 212 g/mol. The first-order valence-corrected chi connectivity index (χ1v) is 6.25. The average molecular weight is 228 g/mol. The standard InChI is InChI=1S/C10H16N2O2S/c1-3-8-12(2)15(13,14)10-7-5-4-6-9(10)11/h4-7H,3,8,11H2,1-2H3. The van der Waals surface area contributed by atoms with E-state index < -0.39 is 10.0 Å². The Morgan fingerprint density at radius 3 is 2.47 bits per heavy atom. The molecule has 84 valence electrons. The fourth-order valence-corrected chi connectivity index (χ4v) is 2.69. The third-order valence-corrected chi connectivity index (χ3v) is 4.08. The number of nitrogens with zero attached hydrogens (tertiary/aromatic N) is 1. The van der Waals surface area contributed by atoms with E-state index in [2.05, 4.69) is 0 Å². The summed E-state index contributed by atoms with van der Waals surface area (Å²) in [5, 5.41) is 0. The van der Waals surface area contributed by atoms with Crippen molar-refractivity contribution in [3.8, 4) is 0 Å². The Hall–Kier alpha value is -1.07. The van der Waals surface area contributed by atoms with E-state index in [-0.39, 0.29) is 4.90 Å². The van der Waals surface area contributed by atoms with Gasteiger partial charge in [-0.1, -0.05) is 19.1 Å². The van der Waals surface area contributed by atoms with Crippen molar-refractivity contribution in [3.63, 3.8) is 0 Å². The molecule has 4 nitrogen and oxygen atoms in total. The number of nitrogens with two attached hydrogens (primary N) is 1. The Labute approximate surface area is 90.8 Å². The van der Waals surface area contributed by atoms with Crippen LogP contribution >= 0.6 is 0 Å². The zero-order valence-corrected chi connectivity index (χ0v) is 9.79. The quantitative estimate of drug-likeness (QED) is 0.790. The SMILES string of the molecule is CCCN(C)S(=O)(=O)c1ccccc1N. The van der Waals surface area contributed by atoms with Gasteiger partial charge in [0.05, 0.1) is 5.69 Å². The Morgan fingerprint density at radius 1 is 1.33 bits per heavy atom. The Kier molecular flexibility index (Phi) is 3.71. The number of hydrogen-bond acceptors (Lipinski definition) is 3. The van der Waals surface area contributed by atoms with Crippen LogP contribution < -0.4 is 5.73 Å². The van der Waals surface area contributed by atoms with Gasteiger partial charge >= 0.3 is 0 Å². The van der Waals surface area contributed by atoms with E-state index >= 15 is 0 Å². The molecule has 0 aliphatic rings. The molecule has 0 atom stereocenters. The van der Waals surface area contributed by atoms with Crippen LogP contribution in [-0.4, -0.2) is 26.3 Å². The molecule has 1 aromatic carbocycles. The van der Waals surface area contributed by atoms with Gasteiger partial charge in [-0.15, -0.1) is 0 Å². The molecule has 15 heavy (non-hydrogen) atoms. The summed E-state index contributed by atoms with van der Waals surface area (Å²) in [5.74, 6) is 0. The maximum atomic E-state index is 12.0. The smallest absolute Gasteiger partial charge is 0.244 e. The van der Waals surface area contributed by atoms with E-state index in [4.69, 9.17) is 5.73 Å². The van der Waals surface area contributed by atoms with E-state index in [9.17, 15) is 8.42 Å². The van der Waals surface area contributed by atoms with Gasteiger partial charge < -0.3 is 5.73 Å². The minimum Gasteiger partial charge on any atom is -0.398 e. The normalized spacial score (nSPS) is 11.9. The monoisotopic (exact) mass is 228 g/mol. The second kappa shape index (κ2) is 4.63. The summed E-state index contributed by atoms with van der Waals surface area (Å²) in [7, 11) is -1.86. The lowest BCUT2D eigenvalue weighted by Gasteiger charge is -2.17. The predicted molar refractivity (Wildman–Crippen MR) is 61.0 cm³/mol. The summed E-state index contributed by atoms with van der Waals surface area (Å²) in [6, 6.07) is 6.50. The van der Waals surface area contributed by atoms with Gasteiger partial charge in [-0.25, -0.2) is 12.7 Å².